The van der Waals surface area contributed by atoms with E-state index in [-0.39, 0.29) is 5.83 Å². The molecule has 0 aliphatic rings. The first-order chi connectivity index (χ1) is 7.31. The van der Waals surface area contributed by atoms with Gasteiger partial charge in [-0.05, 0) is 13.0 Å². The molecule has 0 fully saturated rings. The lowest BCUT2D eigenvalue weighted by Crippen LogP contribution is -1.79. The van der Waals surface area contributed by atoms with Crippen molar-refractivity contribution in [3.63, 3.8) is 0 Å². The van der Waals surface area contributed by atoms with Crippen molar-refractivity contribution < 1.29 is 8.81 Å². The second-order valence-electron chi connectivity index (χ2n) is 3.00. The van der Waals surface area contributed by atoms with Crippen LogP contribution in [0.25, 0.3) is 17.2 Å². The number of hydrogen-bond acceptors (Lipinski definition) is 2. The maximum Gasteiger partial charge on any atom is 0.181 e. The molecule has 2 aromatic rings. The van der Waals surface area contributed by atoms with Crippen LogP contribution in [0.5, 0.6) is 0 Å². The number of halogens is 1. The van der Waals surface area contributed by atoms with E-state index in [4.69, 9.17) is 4.42 Å². The maximum absolute atomic E-state index is 13.1. The Morgan fingerprint density at radius 1 is 1.33 bits per heavy atom. The van der Waals surface area contributed by atoms with Crippen LogP contribution in [0.15, 0.2) is 47.3 Å². The molecule has 3 heteroatoms. The number of nitrogens with zero attached hydrogens (tertiary/aromatic N) is 1. The standard InChI is InChI=1S/C12H9FNO/c1-2-11(13)9-3-5-10(6-4-9)12-7-14-8-15-12/h2-8H,1H2/b11-2-. The molecule has 1 heterocycles. The minimum absolute atomic E-state index is 0.334. The third kappa shape index (κ3) is 1.96. The summed E-state index contributed by atoms with van der Waals surface area (Å²) in [6, 6.07) is 6.90. The van der Waals surface area contributed by atoms with E-state index in [9.17, 15) is 4.39 Å². The summed E-state index contributed by atoms with van der Waals surface area (Å²) in [5, 5.41) is 0. The Morgan fingerprint density at radius 2 is 2.07 bits per heavy atom. The van der Waals surface area contributed by atoms with Gasteiger partial charge in [0.15, 0.2) is 12.2 Å². The number of rotatable bonds is 2. The van der Waals surface area contributed by atoms with Gasteiger partial charge in [-0.1, -0.05) is 24.3 Å². The highest BCUT2D eigenvalue weighted by Crippen LogP contribution is 2.22. The van der Waals surface area contributed by atoms with Gasteiger partial charge in [0.25, 0.3) is 0 Å². The zero-order valence-electron chi connectivity index (χ0n) is 7.98. The molecule has 0 atom stereocenters. The van der Waals surface area contributed by atoms with Crippen LogP contribution >= 0.6 is 0 Å². The van der Waals surface area contributed by atoms with Crippen molar-refractivity contribution in [2.24, 2.45) is 0 Å². The van der Waals surface area contributed by atoms with E-state index in [0.29, 0.717) is 11.3 Å². The van der Waals surface area contributed by atoms with Gasteiger partial charge >= 0.3 is 0 Å². The molecule has 0 bridgehead atoms. The number of oxazole rings is 1. The second-order valence-corrected chi connectivity index (χ2v) is 3.00. The number of allylic oxidation sites excluding steroid dienone is 1. The van der Waals surface area contributed by atoms with Crippen molar-refractivity contribution in [3.05, 3.63) is 55.4 Å². The fourth-order valence-electron chi connectivity index (χ4n) is 1.27. The highest BCUT2D eigenvalue weighted by molar-refractivity contribution is 5.64. The Bertz CT molecular complexity index is 457. The lowest BCUT2D eigenvalue weighted by Gasteiger charge is -1.99. The predicted molar refractivity (Wildman–Crippen MR) is 56.4 cm³/mol. The van der Waals surface area contributed by atoms with E-state index in [1.54, 1.807) is 30.5 Å². The molecule has 0 spiro atoms. The zero-order valence-corrected chi connectivity index (χ0v) is 7.98. The molecular weight excluding hydrogens is 193 g/mol. The summed E-state index contributed by atoms with van der Waals surface area (Å²) in [6.07, 6.45) is 4.16. The molecule has 2 nitrogen and oxygen atoms in total. The first-order valence-electron chi connectivity index (χ1n) is 4.45. The molecule has 2 rings (SSSR count). The fraction of sp³-hybridized carbons (Fsp3) is 0. The molecule has 1 aromatic carbocycles. The van der Waals surface area contributed by atoms with Gasteiger partial charge in [-0.3, -0.25) is 0 Å². The van der Waals surface area contributed by atoms with Crippen molar-refractivity contribution in [1.82, 2.24) is 4.98 Å². The molecule has 15 heavy (non-hydrogen) atoms. The fourth-order valence-corrected chi connectivity index (χ4v) is 1.27. The largest absolute Gasteiger partial charge is 0.444 e. The highest BCUT2D eigenvalue weighted by atomic mass is 19.1. The Labute approximate surface area is 87.1 Å². The topological polar surface area (TPSA) is 26.0 Å². The molecule has 75 valence electrons. The molecule has 0 aliphatic carbocycles. The quantitative estimate of drug-likeness (QED) is 0.745. The number of benzene rings is 1. The van der Waals surface area contributed by atoms with Crippen molar-refractivity contribution in [1.29, 1.82) is 0 Å². The average molecular weight is 202 g/mol. The van der Waals surface area contributed by atoms with Crippen LogP contribution in [0.2, 0.25) is 0 Å². The van der Waals surface area contributed by atoms with E-state index < -0.39 is 0 Å². The van der Waals surface area contributed by atoms with Crippen LogP contribution in [0.4, 0.5) is 4.39 Å². The van der Waals surface area contributed by atoms with Crippen LogP contribution in [0, 0.1) is 6.92 Å². The van der Waals surface area contributed by atoms with Gasteiger partial charge in [-0.15, -0.1) is 0 Å². The Kier molecular flexibility index (Phi) is 2.63. The summed E-state index contributed by atoms with van der Waals surface area (Å²) < 4.78 is 18.2. The second kappa shape index (κ2) is 4.09. The molecule has 0 N–H and O–H groups in total. The summed E-state index contributed by atoms with van der Waals surface area (Å²) in [6.45, 7) is 3.37. The average Bonchev–Trinajstić information content (AvgIpc) is 2.82. The molecule has 0 saturated heterocycles. The van der Waals surface area contributed by atoms with Crippen molar-refractivity contribution >= 4 is 5.83 Å². The zero-order chi connectivity index (χ0) is 10.7. The minimum atomic E-state index is -0.334. The Balaban J connectivity index is 2.33. The van der Waals surface area contributed by atoms with Crippen LogP contribution in [0.3, 0.4) is 0 Å². The van der Waals surface area contributed by atoms with Gasteiger partial charge in [0, 0.05) is 11.1 Å². The normalized spacial score (nSPS) is 11.7. The van der Waals surface area contributed by atoms with E-state index in [2.05, 4.69) is 11.9 Å². The third-order valence-electron chi connectivity index (χ3n) is 2.06. The summed E-state index contributed by atoms with van der Waals surface area (Å²) in [4.78, 5) is 3.81. The van der Waals surface area contributed by atoms with Crippen molar-refractivity contribution in [2.45, 2.75) is 0 Å². The molecule has 0 aliphatic heterocycles. The Morgan fingerprint density at radius 3 is 2.60 bits per heavy atom. The predicted octanol–water partition coefficient (Wildman–Crippen LogP) is 3.49. The number of hydrogen-bond donors (Lipinski definition) is 0. The molecule has 1 radical (unpaired) electrons. The summed E-state index contributed by atoms with van der Waals surface area (Å²) in [5.41, 5.74) is 1.38. The molecule has 1 aromatic heterocycles. The maximum atomic E-state index is 13.1. The summed E-state index contributed by atoms with van der Waals surface area (Å²) in [7, 11) is 0. The van der Waals surface area contributed by atoms with Gasteiger partial charge in [0.05, 0.1) is 6.20 Å². The molecule has 0 saturated carbocycles. The first-order valence-corrected chi connectivity index (χ1v) is 4.45. The van der Waals surface area contributed by atoms with Gasteiger partial charge < -0.3 is 4.42 Å². The summed E-state index contributed by atoms with van der Waals surface area (Å²) in [5.74, 6) is 0.333. The minimum Gasteiger partial charge on any atom is -0.444 e. The lowest BCUT2D eigenvalue weighted by atomic mass is 10.1. The van der Waals surface area contributed by atoms with Crippen molar-refractivity contribution in [2.75, 3.05) is 0 Å². The number of aromatic nitrogens is 1. The van der Waals surface area contributed by atoms with E-state index in [1.807, 2.05) is 0 Å². The van der Waals surface area contributed by atoms with Gasteiger partial charge in [0.2, 0.25) is 0 Å². The van der Waals surface area contributed by atoms with Crippen LogP contribution < -0.4 is 0 Å². The molecule has 0 amide bonds. The smallest absolute Gasteiger partial charge is 0.181 e. The van der Waals surface area contributed by atoms with Crippen LogP contribution in [0.1, 0.15) is 5.56 Å². The van der Waals surface area contributed by atoms with E-state index >= 15 is 0 Å². The van der Waals surface area contributed by atoms with Gasteiger partial charge in [-0.2, -0.15) is 0 Å². The van der Waals surface area contributed by atoms with Crippen LogP contribution in [-0.2, 0) is 0 Å². The van der Waals surface area contributed by atoms with Gasteiger partial charge in [-0.25, -0.2) is 9.37 Å². The SMILES string of the molecule is [CH2]/C=C(\F)c1ccc(-c2cnco2)cc1. The third-order valence-corrected chi connectivity index (χ3v) is 2.06. The van der Waals surface area contributed by atoms with Crippen molar-refractivity contribution in [3.8, 4) is 11.3 Å². The Hall–Kier alpha value is -1.90. The molecular formula is C12H9FNO. The monoisotopic (exact) mass is 202 g/mol. The summed E-state index contributed by atoms with van der Waals surface area (Å²) >= 11 is 0. The highest BCUT2D eigenvalue weighted by Gasteiger charge is 2.02. The van der Waals surface area contributed by atoms with Crippen LogP contribution in [-0.4, -0.2) is 4.98 Å². The first kappa shape index (κ1) is 9.65. The lowest BCUT2D eigenvalue weighted by molar-refractivity contribution is 0.572. The van der Waals surface area contributed by atoms with Gasteiger partial charge in [0.1, 0.15) is 5.83 Å². The molecule has 0 unspecified atom stereocenters. The van der Waals surface area contributed by atoms with E-state index in [1.165, 1.54) is 12.5 Å². The van der Waals surface area contributed by atoms with E-state index in [0.717, 1.165) is 5.56 Å².